The van der Waals surface area contributed by atoms with E-state index in [1.54, 1.807) is 23.9 Å². The number of hydrogen-bond donors (Lipinski definition) is 3. The molecule has 10 heteroatoms. The molecule has 3 N–H and O–H groups in total. The molecule has 238 valence electrons. The normalized spacial score (nSPS) is 31.9. The molecule has 0 bridgehead atoms. The van der Waals surface area contributed by atoms with Crippen LogP contribution in [0.5, 0.6) is 0 Å². The summed E-state index contributed by atoms with van der Waals surface area (Å²) in [6, 6.07) is -0.472. The number of rotatable bonds is 10. The van der Waals surface area contributed by atoms with Crippen molar-refractivity contribution < 1.29 is 28.9 Å². The molecule has 1 unspecified atom stereocenters. The summed E-state index contributed by atoms with van der Waals surface area (Å²) in [6.07, 6.45) is 11.0. The van der Waals surface area contributed by atoms with Crippen LogP contribution < -0.4 is 10.8 Å². The van der Waals surface area contributed by atoms with Crippen molar-refractivity contribution in [3.05, 3.63) is 35.1 Å². The van der Waals surface area contributed by atoms with Gasteiger partial charge in [0.05, 0.1) is 30.1 Å². The maximum atomic E-state index is 13.2. The molecular formula is C33H48N2O6S2. The molecule has 0 saturated carbocycles. The number of aliphatic hydroxyl groups excluding tert-OH is 1. The summed E-state index contributed by atoms with van der Waals surface area (Å²) in [5, 5.41) is 14.2. The van der Waals surface area contributed by atoms with Gasteiger partial charge in [0, 0.05) is 42.4 Å². The van der Waals surface area contributed by atoms with E-state index in [0.29, 0.717) is 17.7 Å². The first kappa shape index (κ1) is 35.7. The van der Waals surface area contributed by atoms with Crippen molar-refractivity contribution in [2.24, 2.45) is 5.92 Å². The quantitative estimate of drug-likeness (QED) is 0.131. The number of Topliss-reactive ketones (excluding diaryl/α,β-unsaturated/α-hetero) is 1. The Kier molecular flexibility index (Phi) is 14.2. The number of likely N-dealkylation sites (N-methyl/N-ethyl adjacent to an activating group) is 1. The van der Waals surface area contributed by atoms with E-state index in [2.05, 4.69) is 62.3 Å². The second-order valence-corrected chi connectivity index (χ2v) is 15.3. The van der Waals surface area contributed by atoms with Crippen LogP contribution in [0.2, 0.25) is 0 Å². The summed E-state index contributed by atoms with van der Waals surface area (Å²) >= 11 is 0. The highest BCUT2D eigenvalue weighted by Gasteiger charge is 2.40. The molecule has 0 aromatic heterocycles. The Bertz CT molecular complexity index is 1130. The van der Waals surface area contributed by atoms with Gasteiger partial charge in [0.15, 0.2) is 18.4 Å². The molecule has 2 fully saturated rings. The Balaban J connectivity index is 1.83. The molecule has 8 nitrogen and oxygen atoms in total. The molecule has 1 aliphatic carbocycles. The van der Waals surface area contributed by atoms with Crippen molar-refractivity contribution in [3.63, 3.8) is 0 Å². The van der Waals surface area contributed by atoms with Crippen molar-refractivity contribution in [1.29, 1.82) is 0 Å². The summed E-state index contributed by atoms with van der Waals surface area (Å²) in [7, 11) is 5.33. The lowest BCUT2D eigenvalue weighted by Crippen LogP contribution is -2.56. The first-order valence-corrected chi connectivity index (χ1v) is 17.4. The molecule has 2 aliphatic heterocycles. The van der Waals surface area contributed by atoms with Gasteiger partial charge in [-0.1, -0.05) is 73.1 Å². The molecule has 2 heterocycles. The second kappa shape index (κ2) is 17.1. The van der Waals surface area contributed by atoms with Crippen LogP contribution in [0, 0.1) is 30.1 Å². The zero-order valence-electron chi connectivity index (χ0n) is 26.5. The minimum Gasteiger partial charge on any atom is -0.391 e. The van der Waals surface area contributed by atoms with Gasteiger partial charge >= 0.3 is 0 Å². The molecule has 0 amide bonds. The van der Waals surface area contributed by atoms with E-state index >= 15 is 0 Å². The van der Waals surface area contributed by atoms with E-state index in [1.807, 2.05) is 24.6 Å². The van der Waals surface area contributed by atoms with Gasteiger partial charge in [-0.25, -0.2) is 0 Å². The third-order valence-corrected chi connectivity index (χ3v) is 10.5. The van der Waals surface area contributed by atoms with Gasteiger partial charge in [-0.15, -0.1) is 6.42 Å². The van der Waals surface area contributed by atoms with Crippen molar-refractivity contribution in [1.82, 2.24) is 10.8 Å². The monoisotopic (exact) mass is 632 g/mol. The highest BCUT2D eigenvalue weighted by Crippen LogP contribution is 2.39. The van der Waals surface area contributed by atoms with Gasteiger partial charge in [0.25, 0.3) is 0 Å². The molecule has 3 rings (SSSR count). The third kappa shape index (κ3) is 11.0. The number of hydrogen-bond acceptors (Lipinski definition) is 10. The van der Waals surface area contributed by atoms with Gasteiger partial charge in [-0.2, -0.15) is 5.48 Å². The molecule has 0 spiro atoms. The lowest BCUT2D eigenvalue weighted by atomic mass is 9.79. The van der Waals surface area contributed by atoms with E-state index in [9.17, 15) is 9.90 Å². The summed E-state index contributed by atoms with van der Waals surface area (Å²) in [5.74, 6) is 9.33. The molecule has 0 aromatic rings. The van der Waals surface area contributed by atoms with Crippen LogP contribution >= 0.6 is 21.6 Å². The summed E-state index contributed by atoms with van der Waals surface area (Å²) in [6.45, 7) is 12.5. The van der Waals surface area contributed by atoms with Crippen molar-refractivity contribution in [2.75, 3.05) is 12.8 Å². The number of carbonyl (C=O) groups excluding carboxylic acids is 1. The van der Waals surface area contributed by atoms with E-state index in [1.165, 1.54) is 6.08 Å². The largest absolute Gasteiger partial charge is 0.391 e. The van der Waals surface area contributed by atoms with Crippen LogP contribution in [-0.4, -0.2) is 71.5 Å². The fraction of sp³-hybridized carbons (Fsp3) is 0.667. The lowest BCUT2D eigenvalue weighted by Gasteiger charge is -2.40. The maximum Gasteiger partial charge on any atom is 0.179 e. The topological polar surface area (TPSA) is 98.3 Å². The van der Waals surface area contributed by atoms with Gasteiger partial charge in [-0.05, 0) is 50.3 Å². The third-order valence-electron chi connectivity index (χ3n) is 7.33. The van der Waals surface area contributed by atoms with Crippen molar-refractivity contribution in [3.8, 4) is 24.2 Å². The number of allylic oxidation sites excluding steroid dienone is 3. The first-order valence-electron chi connectivity index (χ1n) is 15.1. The summed E-state index contributed by atoms with van der Waals surface area (Å²) in [5.41, 5.74) is 5.19. The smallest absolute Gasteiger partial charge is 0.179 e. The summed E-state index contributed by atoms with van der Waals surface area (Å²) < 4.78 is 18.7. The van der Waals surface area contributed by atoms with Crippen molar-refractivity contribution >= 4 is 27.4 Å². The molecule has 3 aliphatic rings. The summed E-state index contributed by atoms with van der Waals surface area (Å²) in [4.78, 5) is 19.0. The maximum absolute atomic E-state index is 13.2. The van der Waals surface area contributed by atoms with Crippen molar-refractivity contribution in [2.45, 2.75) is 121 Å². The molecular weight excluding hydrogens is 585 g/mol. The predicted octanol–water partition coefficient (Wildman–Crippen LogP) is 5.05. The predicted molar refractivity (Wildman–Crippen MR) is 175 cm³/mol. The number of nitrogens with one attached hydrogen (secondary N) is 2. The fourth-order valence-corrected chi connectivity index (χ4v) is 7.44. The molecule has 0 aromatic carbocycles. The van der Waals surface area contributed by atoms with E-state index < -0.39 is 30.6 Å². The molecule has 43 heavy (non-hydrogen) atoms. The van der Waals surface area contributed by atoms with Crippen LogP contribution in [0.1, 0.15) is 73.6 Å². The van der Waals surface area contributed by atoms with E-state index in [4.69, 9.17) is 25.5 Å². The molecule has 8 atom stereocenters. The number of ether oxygens (including phenoxy) is 3. The highest BCUT2D eigenvalue weighted by atomic mass is 33.1. The number of aliphatic hydroxyl groups is 1. The van der Waals surface area contributed by atoms with E-state index in [-0.39, 0.29) is 35.3 Å². The fourth-order valence-electron chi connectivity index (χ4n) is 5.30. The Morgan fingerprint density at radius 1 is 1.19 bits per heavy atom. The van der Waals surface area contributed by atoms with Crippen LogP contribution in [0.3, 0.4) is 0 Å². The minimum absolute atomic E-state index is 0.00654. The zero-order chi connectivity index (χ0) is 31.6. The van der Waals surface area contributed by atoms with Gasteiger partial charge < -0.3 is 24.6 Å². The second-order valence-electron chi connectivity index (χ2n) is 12.2. The van der Waals surface area contributed by atoms with Crippen LogP contribution in [0.15, 0.2) is 35.1 Å². The average molecular weight is 633 g/mol. The van der Waals surface area contributed by atoms with Gasteiger partial charge in [-0.3, -0.25) is 9.63 Å². The number of ketones is 1. The number of terminal acetylenes is 1. The molecule has 2 saturated heterocycles. The Morgan fingerprint density at radius 3 is 2.60 bits per heavy atom. The SMILES string of the molecule is C#C/C=C\C#C[C@H](O[C@H]1C[C@@H](O)[C@H](NO[C@H]2CCC[C@@H](C)O2)[C@@H](C)O1)C1=C(NC)C(=O)CC(C)/C1=C/CSSC(C)(C)C. The van der Waals surface area contributed by atoms with Gasteiger partial charge in [0.1, 0.15) is 6.10 Å². The molecule has 0 radical (unpaired) electrons. The Labute approximate surface area is 265 Å². The standard InChI is InChI=1S/C33H48N2O6S2/c1-9-10-11-12-15-27(30-24(17-18-42-43-33(5,6)7)21(2)19-25(36)32(30)34-8)40-29-20-26(37)31(23(4)39-29)35-41-28-16-13-14-22(3)38-28/h1,10-11,17,21-23,26-29,31,34-35,37H,13-14,16,18-20H2,2-8H3/b11-10-,24-17-/t21?,22-,23-,26-,27+,28+,29+,31-/m1/s1. The van der Waals surface area contributed by atoms with Crippen LogP contribution in [0.4, 0.5) is 0 Å². The van der Waals surface area contributed by atoms with E-state index in [0.717, 1.165) is 30.6 Å². The number of hydroxylamine groups is 1. The minimum atomic E-state index is -0.810. The number of carbonyl (C=O) groups is 1. The first-order chi connectivity index (χ1) is 20.4. The average Bonchev–Trinajstić information content (AvgIpc) is 2.92. The lowest BCUT2D eigenvalue weighted by molar-refractivity contribution is -0.267. The zero-order valence-corrected chi connectivity index (χ0v) is 28.1. The van der Waals surface area contributed by atoms with Crippen LogP contribution in [-0.2, 0) is 23.8 Å². The highest BCUT2D eigenvalue weighted by molar-refractivity contribution is 8.77. The van der Waals surface area contributed by atoms with Crippen LogP contribution in [0.25, 0.3) is 0 Å². The van der Waals surface area contributed by atoms with Gasteiger partial charge in [0.2, 0.25) is 0 Å². The Morgan fingerprint density at radius 2 is 1.95 bits per heavy atom. The Hall–Kier alpha value is -1.73.